The zero-order valence-electron chi connectivity index (χ0n) is 6.20. The van der Waals surface area contributed by atoms with Gasteiger partial charge in [-0.1, -0.05) is 11.6 Å². The van der Waals surface area contributed by atoms with Gasteiger partial charge in [-0.15, -0.1) is 13.2 Å². The number of ether oxygens (including phenoxy) is 1. The molecule has 14 heavy (non-hydrogen) atoms. The van der Waals surface area contributed by atoms with E-state index in [-0.39, 0.29) is 5.02 Å². The van der Waals surface area contributed by atoms with Gasteiger partial charge in [0.25, 0.3) is 0 Å². The van der Waals surface area contributed by atoms with E-state index in [1.807, 2.05) is 22.6 Å². The molecule has 0 spiro atoms. The SMILES string of the molecule is FC(F)(F)Oc1nc(I)c(I)cc1Cl. The van der Waals surface area contributed by atoms with Crippen LogP contribution in [0.1, 0.15) is 0 Å². The lowest BCUT2D eigenvalue weighted by atomic mass is 10.5. The predicted octanol–water partition coefficient (Wildman–Crippen LogP) is 3.84. The summed E-state index contributed by atoms with van der Waals surface area (Å²) >= 11 is 9.22. The van der Waals surface area contributed by atoms with Crippen LogP contribution >= 0.6 is 56.8 Å². The van der Waals surface area contributed by atoms with E-state index < -0.39 is 12.2 Å². The Labute approximate surface area is 109 Å². The molecule has 0 aliphatic rings. The maximum Gasteiger partial charge on any atom is 0.574 e. The average molecular weight is 449 g/mol. The van der Waals surface area contributed by atoms with Crippen molar-refractivity contribution in [2.75, 3.05) is 0 Å². The summed E-state index contributed by atoms with van der Waals surface area (Å²) in [4.78, 5) is 3.56. The number of hydrogen-bond acceptors (Lipinski definition) is 2. The zero-order valence-corrected chi connectivity index (χ0v) is 11.3. The van der Waals surface area contributed by atoms with Crippen molar-refractivity contribution in [1.29, 1.82) is 0 Å². The first-order valence-corrected chi connectivity index (χ1v) is 5.60. The Bertz CT molecular complexity index is 358. The monoisotopic (exact) mass is 449 g/mol. The first-order chi connectivity index (χ1) is 6.29. The van der Waals surface area contributed by atoms with Gasteiger partial charge in [-0.25, -0.2) is 4.98 Å². The van der Waals surface area contributed by atoms with Crippen LogP contribution in [0.25, 0.3) is 0 Å². The topological polar surface area (TPSA) is 22.1 Å². The van der Waals surface area contributed by atoms with E-state index in [9.17, 15) is 13.2 Å². The van der Waals surface area contributed by atoms with Crippen molar-refractivity contribution in [3.05, 3.63) is 18.4 Å². The second-order valence-electron chi connectivity index (χ2n) is 2.10. The van der Waals surface area contributed by atoms with E-state index in [4.69, 9.17) is 11.6 Å². The molecule has 1 aromatic heterocycles. The van der Waals surface area contributed by atoms with Gasteiger partial charge in [0.15, 0.2) is 0 Å². The van der Waals surface area contributed by atoms with Gasteiger partial charge in [0, 0.05) is 3.57 Å². The van der Waals surface area contributed by atoms with Crippen molar-refractivity contribution in [3.63, 3.8) is 0 Å². The van der Waals surface area contributed by atoms with E-state index in [2.05, 4.69) is 9.72 Å². The van der Waals surface area contributed by atoms with Crippen molar-refractivity contribution < 1.29 is 17.9 Å². The number of nitrogens with zero attached hydrogens (tertiary/aromatic N) is 1. The Morgan fingerprint density at radius 1 is 1.36 bits per heavy atom. The number of pyridine rings is 1. The fourth-order valence-corrected chi connectivity index (χ4v) is 1.79. The molecule has 0 atom stereocenters. The van der Waals surface area contributed by atoms with Gasteiger partial charge < -0.3 is 4.74 Å². The standard InChI is InChI=1S/C6HClF3I2NO/c7-2-1-3(11)4(12)13-5(2)14-6(8,9)10/h1H. The van der Waals surface area contributed by atoms with Crippen LogP contribution in [0.4, 0.5) is 13.2 Å². The minimum atomic E-state index is -4.77. The second-order valence-corrected chi connectivity index (χ2v) is 4.69. The van der Waals surface area contributed by atoms with Crippen molar-refractivity contribution in [2.24, 2.45) is 0 Å². The number of aromatic nitrogens is 1. The van der Waals surface area contributed by atoms with Crippen LogP contribution in [0.3, 0.4) is 0 Å². The van der Waals surface area contributed by atoms with E-state index in [1.54, 1.807) is 22.6 Å². The van der Waals surface area contributed by atoms with E-state index in [0.29, 0.717) is 7.27 Å². The molecule has 0 bridgehead atoms. The predicted molar refractivity (Wildman–Crippen MR) is 61.4 cm³/mol. The molecule has 0 aromatic carbocycles. The van der Waals surface area contributed by atoms with Crippen molar-refractivity contribution >= 4 is 56.8 Å². The summed E-state index contributed by atoms with van der Waals surface area (Å²) in [6, 6.07) is 1.36. The third-order valence-corrected chi connectivity index (χ3v) is 4.01. The van der Waals surface area contributed by atoms with E-state index in [0.717, 1.165) is 0 Å². The first kappa shape index (κ1) is 12.6. The average Bonchev–Trinajstić information content (AvgIpc) is 1.97. The molecule has 1 heterocycles. The fourth-order valence-electron chi connectivity index (χ4n) is 0.610. The number of hydrogen-bond donors (Lipinski definition) is 0. The highest BCUT2D eigenvalue weighted by atomic mass is 127. The lowest BCUT2D eigenvalue weighted by Crippen LogP contribution is -2.18. The minimum absolute atomic E-state index is 0.160. The second kappa shape index (κ2) is 4.56. The molecule has 0 aliphatic heterocycles. The Balaban J connectivity index is 3.04. The van der Waals surface area contributed by atoms with E-state index in [1.165, 1.54) is 6.07 Å². The summed E-state index contributed by atoms with van der Waals surface area (Å²) in [5.74, 6) is -0.621. The first-order valence-electron chi connectivity index (χ1n) is 3.07. The van der Waals surface area contributed by atoms with Crippen LogP contribution in [0.15, 0.2) is 6.07 Å². The Morgan fingerprint density at radius 3 is 2.43 bits per heavy atom. The third kappa shape index (κ3) is 3.57. The highest BCUT2D eigenvalue weighted by Crippen LogP contribution is 2.30. The normalized spacial score (nSPS) is 11.6. The Kier molecular flexibility index (Phi) is 4.09. The molecule has 0 N–H and O–H groups in total. The molecule has 1 aromatic rings. The molecule has 8 heteroatoms. The molecular weight excluding hydrogens is 448 g/mol. The number of halogens is 6. The molecule has 2 nitrogen and oxygen atoms in total. The molecule has 0 amide bonds. The summed E-state index contributed by atoms with van der Waals surface area (Å²) in [7, 11) is 0. The van der Waals surface area contributed by atoms with Crippen LogP contribution in [-0.4, -0.2) is 11.3 Å². The minimum Gasteiger partial charge on any atom is -0.386 e. The van der Waals surface area contributed by atoms with Gasteiger partial charge in [0.05, 0.1) is 0 Å². The fraction of sp³-hybridized carbons (Fsp3) is 0.167. The molecule has 0 unspecified atom stereocenters. The van der Waals surface area contributed by atoms with Gasteiger partial charge in [-0.05, 0) is 51.2 Å². The molecule has 78 valence electrons. The molecule has 1 rings (SSSR count). The van der Waals surface area contributed by atoms with E-state index >= 15 is 0 Å². The van der Waals surface area contributed by atoms with Gasteiger partial charge in [-0.3, -0.25) is 0 Å². The molecule has 0 aliphatic carbocycles. The maximum atomic E-state index is 11.8. The van der Waals surface area contributed by atoms with Crippen molar-refractivity contribution in [3.8, 4) is 5.88 Å². The Morgan fingerprint density at radius 2 is 1.93 bits per heavy atom. The number of rotatable bonds is 1. The highest BCUT2D eigenvalue weighted by molar-refractivity contribution is 14.1. The summed E-state index contributed by atoms with van der Waals surface area (Å²) in [6.45, 7) is 0. The largest absolute Gasteiger partial charge is 0.574 e. The molecule has 0 fully saturated rings. The summed E-state index contributed by atoms with van der Waals surface area (Å²) in [5, 5.41) is -0.160. The highest BCUT2D eigenvalue weighted by Gasteiger charge is 2.33. The maximum absolute atomic E-state index is 11.8. The third-order valence-electron chi connectivity index (χ3n) is 1.07. The molecular formula is C6HClF3I2NO. The van der Waals surface area contributed by atoms with Crippen LogP contribution in [0, 0.1) is 7.27 Å². The molecule has 0 saturated carbocycles. The van der Waals surface area contributed by atoms with Gasteiger partial charge in [0.1, 0.15) is 8.72 Å². The van der Waals surface area contributed by atoms with Crippen molar-refractivity contribution in [2.45, 2.75) is 6.36 Å². The van der Waals surface area contributed by atoms with Gasteiger partial charge in [-0.2, -0.15) is 0 Å². The van der Waals surface area contributed by atoms with Crippen LogP contribution in [-0.2, 0) is 0 Å². The quantitative estimate of drug-likeness (QED) is 0.480. The smallest absolute Gasteiger partial charge is 0.386 e. The van der Waals surface area contributed by atoms with Crippen LogP contribution < -0.4 is 4.74 Å². The molecule has 0 saturated heterocycles. The zero-order chi connectivity index (χ0) is 10.9. The lowest BCUT2D eigenvalue weighted by molar-refractivity contribution is -0.276. The lowest BCUT2D eigenvalue weighted by Gasteiger charge is -2.09. The van der Waals surface area contributed by atoms with Crippen LogP contribution in [0.5, 0.6) is 5.88 Å². The Hall–Kier alpha value is 0.490. The van der Waals surface area contributed by atoms with Crippen molar-refractivity contribution in [1.82, 2.24) is 4.98 Å². The van der Waals surface area contributed by atoms with Gasteiger partial charge >= 0.3 is 6.36 Å². The van der Waals surface area contributed by atoms with Crippen LogP contribution in [0.2, 0.25) is 5.02 Å². The van der Waals surface area contributed by atoms with Gasteiger partial charge in [0.2, 0.25) is 5.88 Å². The summed E-state index contributed by atoms with van der Waals surface area (Å²) in [5.41, 5.74) is 0. The molecule has 0 radical (unpaired) electrons. The summed E-state index contributed by atoms with van der Waals surface area (Å²) < 4.78 is 40.2. The summed E-state index contributed by atoms with van der Waals surface area (Å²) in [6.07, 6.45) is -4.77. The number of alkyl halides is 3.